The minimum atomic E-state index is -0.289. The van der Waals surface area contributed by atoms with Crippen molar-refractivity contribution in [3.05, 3.63) is 42.0 Å². The summed E-state index contributed by atoms with van der Waals surface area (Å²) in [6.45, 7) is 5.39. The van der Waals surface area contributed by atoms with E-state index in [0.29, 0.717) is 24.5 Å². The summed E-state index contributed by atoms with van der Waals surface area (Å²) in [5.41, 5.74) is 0.529. The van der Waals surface area contributed by atoms with Crippen molar-refractivity contribution in [2.45, 2.75) is 52.4 Å². The maximum atomic E-state index is 12.5. The molecular weight excluding hydrogens is 300 g/mol. The van der Waals surface area contributed by atoms with Crippen molar-refractivity contribution in [1.29, 1.82) is 0 Å². The van der Waals surface area contributed by atoms with Gasteiger partial charge >= 0.3 is 5.97 Å². The van der Waals surface area contributed by atoms with Crippen LogP contribution in [0.2, 0.25) is 0 Å². The van der Waals surface area contributed by atoms with Crippen molar-refractivity contribution in [2.75, 3.05) is 13.2 Å². The van der Waals surface area contributed by atoms with E-state index in [1.807, 2.05) is 36.4 Å². The van der Waals surface area contributed by atoms with E-state index < -0.39 is 0 Å². The fraction of sp³-hybridized carbons (Fsp3) is 0.476. The standard InChI is InChI=1S/C21H28O3/c1-3-5-9-13-23-20-16-18-12-8-7-11-17(18)15-19(20)21(22)24-14-10-6-4-2/h7-8,11-12,15-16H,3-6,9-10,13-14H2,1-2H3. The Balaban J connectivity index is 2.15. The molecule has 0 aromatic heterocycles. The highest BCUT2D eigenvalue weighted by Crippen LogP contribution is 2.27. The third-order valence-corrected chi connectivity index (χ3v) is 4.05. The molecule has 2 aromatic rings. The largest absolute Gasteiger partial charge is 0.493 e. The number of hydrogen-bond donors (Lipinski definition) is 0. The molecule has 130 valence electrons. The van der Waals surface area contributed by atoms with Crippen molar-refractivity contribution < 1.29 is 14.3 Å². The molecule has 0 saturated heterocycles. The van der Waals surface area contributed by atoms with Crippen LogP contribution in [0, 0.1) is 0 Å². The van der Waals surface area contributed by atoms with Gasteiger partial charge in [-0.2, -0.15) is 0 Å². The van der Waals surface area contributed by atoms with Gasteiger partial charge in [-0.3, -0.25) is 0 Å². The first-order valence-electron chi connectivity index (χ1n) is 9.09. The SMILES string of the molecule is CCCCCOC(=O)c1cc2ccccc2cc1OCCCCC. The topological polar surface area (TPSA) is 35.5 Å². The summed E-state index contributed by atoms with van der Waals surface area (Å²) in [7, 11) is 0. The van der Waals surface area contributed by atoms with Crippen LogP contribution in [0.5, 0.6) is 5.75 Å². The smallest absolute Gasteiger partial charge is 0.341 e. The molecule has 0 radical (unpaired) electrons. The number of rotatable bonds is 10. The van der Waals surface area contributed by atoms with Gasteiger partial charge in [-0.15, -0.1) is 0 Å². The normalized spacial score (nSPS) is 10.8. The third kappa shape index (κ3) is 5.26. The number of carbonyl (C=O) groups excluding carboxylic acids is 1. The second kappa shape index (κ2) is 9.96. The zero-order valence-corrected chi connectivity index (χ0v) is 14.8. The van der Waals surface area contributed by atoms with E-state index in [-0.39, 0.29) is 5.97 Å². The number of fused-ring (bicyclic) bond motifs is 1. The van der Waals surface area contributed by atoms with Crippen LogP contribution in [0.25, 0.3) is 10.8 Å². The first-order chi connectivity index (χ1) is 11.8. The Morgan fingerprint density at radius 3 is 2.17 bits per heavy atom. The van der Waals surface area contributed by atoms with Gasteiger partial charge in [0.1, 0.15) is 11.3 Å². The van der Waals surface area contributed by atoms with Gasteiger partial charge < -0.3 is 9.47 Å². The van der Waals surface area contributed by atoms with E-state index in [1.165, 1.54) is 0 Å². The predicted octanol–water partition coefficient (Wildman–Crippen LogP) is 5.76. The van der Waals surface area contributed by atoms with Crippen LogP contribution in [0.3, 0.4) is 0 Å². The molecule has 3 nitrogen and oxygen atoms in total. The molecule has 2 aromatic carbocycles. The van der Waals surface area contributed by atoms with Crippen LogP contribution < -0.4 is 4.74 Å². The Hall–Kier alpha value is -2.03. The van der Waals surface area contributed by atoms with E-state index in [2.05, 4.69) is 13.8 Å². The van der Waals surface area contributed by atoms with Gasteiger partial charge in [-0.1, -0.05) is 63.8 Å². The summed E-state index contributed by atoms with van der Waals surface area (Å²) in [6.07, 6.45) is 6.36. The molecule has 3 heteroatoms. The van der Waals surface area contributed by atoms with Crippen molar-refractivity contribution in [3.63, 3.8) is 0 Å². The number of unbranched alkanes of at least 4 members (excludes halogenated alkanes) is 4. The fourth-order valence-electron chi connectivity index (χ4n) is 2.63. The van der Waals surface area contributed by atoms with Gasteiger partial charge in [0.2, 0.25) is 0 Å². The minimum absolute atomic E-state index is 0.289. The maximum absolute atomic E-state index is 12.5. The Kier molecular flexibility index (Phi) is 7.60. The van der Waals surface area contributed by atoms with Crippen molar-refractivity contribution in [3.8, 4) is 5.75 Å². The van der Waals surface area contributed by atoms with Crippen molar-refractivity contribution in [1.82, 2.24) is 0 Å². The monoisotopic (exact) mass is 328 g/mol. The van der Waals surface area contributed by atoms with Gasteiger partial charge in [-0.25, -0.2) is 4.79 Å². The molecule has 0 fully saturated rings. The van der Waals surface area contributed by atoms with Crippen molar-refractivity contribution in [2.24, 2.45) is 0 Å². The van der Waals surface area contributed by atoms with Crippen LogP contribution >= 0.6 is 0 Å². The second-order valence-corrected chi connectivity index (χ2v) is 6.09. The molecule has 0 bridgehead atoms. The van der Waals surface area contributed by atoms with Crippen LogP contribution in [-0.4, -0.2) is 19.2 Å². The van der Waals surface area contributed by atoms with Gasteiger partial charge in [0, 0.05) is 0 Å². The van der Waals surface area contributed by atoms with Crippen LogP contribution in [0.4, 0.5) is 0 Å². The lowest BCUT2D eigenvalue weighted by Gasteiger charge is -2.13. The summed E-state index contributed by atoms with van der Waals surface area (Å²) in [4.78, 5) is 12.5. The van der Waals surface area contributed by atoms with E-state index in [4.69, 9.17) is 9.47 Å². The molecule has 2 rings (SSSR count). The predicted molar refractivity (Wildman–Crippen MR) is 98.8 cm³/mol. The van der Waals surface area contributed by atoms with E-state index in [9.17, 15) is 4.79 Å². The average molecular weight is 328 g/mol. The molecule has 0 N–H and O–H groups in total. The number of ether oxygens (including phenoxy) is 2. The summed E-state index contributed by atoms with van der Waals surface area (Å²) in [6, 6.07) is 11.8. The molecule has 0 amide bonds. The molecule has 0 saturated carbocycles. The number of esters is 1. The summed E-state index contributed by atoms with van der Waals surface area (Å²) in [5, 5.41) is 2.10. The quantitative estimate of drug-likeness (QED) is 0.411. The zero-order valence-electron chi connectivity index (χ0n) is 14.8. The van der Waals surface area contributed by atoms with Crippen LogP contribution in [0.15, 0.2) is 36.4 Å². The Labute approximate surface area is 145 Å². The first kappa shape index (κ1) is 18.3. The Morgan fingerprint density at radius 2 is 1.50 bits per heavy atom. The van der Waals surface area contributed by atoms with Crippen LogP contribution in [-0.2, 0) is 4.74 Å². The van der Waals surface area contributed by atoms with E-state index in [1.54, 1.807) is 0 Å². The lowest BCUT2D eigenvalue weighted by atomic mass is 10.1. The molecule has 0 unspecified atom stereocenters. The van der Waals surface area contributed by atoms with Crippen molar-refractivity contribution >= 4 is 16.7 Å². The second-order valence-electron chi connectivity index (χ2n) is 6.09. The molecule has 24 heavy (non-hydrogen) atoms. The molecule has 0 atom stereocenters. The molecule has 0 aliphatic heterocycles. The molecule has 0 aliphatic carbocycles. The average Bonchev–Trinajstić information content (AvgIpc) is 2.61. The summed E-state index contributed by atoms with van der Waals surface area (Å²) >= 11 is 0. The number of benzene rings is 2. The summed E-state index contributed by atoms with van der Waals surface area (Å²) in [5.74, 6) is 0.340. The summed E-state index contributed by atoms with van der Waals surface area (Å²) < 4.78 is 11.3. The first-order valence-corrected chi connectivity index (χ1v) is 9.09. The fourth-order valence-corrected chi connectivity index (χ4v) is 2.63. The Morgan fingerprint density at radius 1 is 0.875 bits per heavy atom. The van der Waals surface area contributed by atoms with E-state index in [0.717, 1.165) is 49.3 Å². The lowest BCUT2D eigenvalue weighted by Crippen LogP contribution is -2.10. The minimum Gasteiger partial charge on any atom is -0.493 e. The Bertz CT molecular complexity index is 649. The third-order valence-electron chi connectivity index (χ3n) is 4.05. The van der Waals surface area contributed by atoms with Gasteiger partial charge in [0.25, 0.3) is 0 Å². The highest BCUT2D eigenvalue weighted by atomic mass is 16.5. The zero-order chi connectivity index (χ0) is 17.2. The number of carbonyl (C=O) groups is 1. The number of hydrogen-bond acceptors (Lipinski definition) is 3. The molecule has 0 aliphatic rings. The molecule has 0 spiro atoms. The molecule has 0 heterocycles. The van der Waals surface area contributed by atoms with Gasteiger partial charge in [-0.05, 0) is 35.7 Å². The maximum Gasteiger partial charge on any atom is 0.341 e. The van der Waals surface area contributed by atoms with Crippen LogP contribution in [0.1, 0.15) is 62.7 Å². The van der Waals surface area contributed by atoms with Gasteiger partial charge in [0.05, 0.1) is 13.2 Å². The van der Waals surface area contributed by atoms with E-state index >= 15 is 0 Å². The highest BCUT2D eigenvalue weighted by Gasteiger charge is 2.15. The lowest BCUT2D eigenvalue weighted by molar-refractivity contribution is 0.0493. The molecular formula is C21H28O3. The highest BCUT2D eigenvalue weighted by molar-refractivity contribution is 5.98. The van der Waals surface area contributed by atoms with Gasteiger partial charge in [0.15, 0.2) is 0 Å².